The van der Waals surface area contributed by atoms with Crippen molar-refractivity contribution in [2.75, 3.05) is 5.73 Å². The lowest BCUT2D eigenvalue weighted by Gasteiger charge is -2.16. The predicted octanol–water partition coefficient (Wildman–Crippen LogP) is 2.06. The van der Waals surface area contributed by atoms with Crippen molar-refractivity contribution >= 4 is 23.3 Å². The fraction of sp³-hybridized carbons (Fsp3) is 0.222. The summed E-state index contributed by atoms with van der Waals surface area (Å²) in [5, 5.41) is 16.8. The first-order valence-corrected chi connectivity index (χ1v) is 4.60. The quantitative estimate of drug-likeness (QED) is 0.718. The Morgan fingerprint density at radius 3 is 2.35 bits per heavy atom. The van der Waals surface area contributed by atoms with Crippen molar-refractivity contribution in [3.63, 3.8) is 0 Å². The maximum absolute atomic E-state index is 12.6. The van der Waals surface area contributed by atoms with E-state index < -0.39 is 40.1 Å². The van der Waals surface area contributed by atoms with Gasteiger partial charge in [0.2, 0.25) is 0 Å². The molecule has 1 atom stereocenters. The summed E-state index contributed by atoms with van der Waals surface area (Å²) < 4.78 is 37.7. The normalized spacial score (nSPS) is 13.5. The van der Waals surface area contributed by atoms with E-state index in [0.29, 0.717) is 0 Å². The van der Waals surface area contributed by atoms with Gasteiger partial charge in [0.25, 0.3) is 0 Å². The zero-order chi connectivity index (χ0) is 13.4. The van der Waals surface area contributed by atoms with Gasteiger partial charge in [0, 0.05) is 11.3 Å². The van der Waals surface area contributed by atoms with E-state index in [0.717, 1.165) is 12.1 Å². The van der Waals surface area contributed by atoms with E-state index in [4.69, 9.17) is 27.5 Å². The van der Waals surface area contributed by atoms with Crippen molar-refractivity contribution in [2.24, 2.45) is 0 Å². The van der Waals surface area contributed by atoms with Gasteiger partial charge in [0.1, 0.15) is 0 Å². The first-order chi connectivity index (χ1) is 7.66. The number of nitrogen functional groups attached to an aromatic ring is 1. The Bertz CT molecular complexity index is 462. The third kappa shape index (κ3) is 2.62. The lowest BCUT2D eigenvalue weighted by atomic mass is 10.0. The maximum atomic E-state index is 12.6. The number of aliphatic hydroxyl groups is 1. The molecule has 0 radical (unpaired) electrons. The molecule has 4 nitrogen and oxygen atoms in total. The molecular weight excluding hydrogens is 263 g/mol. The molecule has 17 heavy (non-hydrogen) atoms. The van der Waals surface area contributed by atoms with Crippen LogP contribution in [-0.2, 0) is 11.0 Å². The number of rotatable bonds is 2. The van der Waals surface area contributed by atoms with Gasteiger partial charge in [-0.2, -0.15) is 13.2 Å². The number of aliphatic hydroxyl groups excluding tert-OH is 1. The molecule has 0 amide bonds. The number of carboxylic acids is 1. The Labute approximate surface area is 98.4 Å². The minimum absolute atomic E-state index is 0.555. The van der Waals surface area contributed by atoms with Gasteiger partial charge in [-0.15, -0.1) is 0 Å². The molecule has 0 saturated heterocycles. The Balaban J connectivity index is 3.44. The molecule has 0 aliphatic heterocycles. The van der Waals surface area contributed by atoms with Crippen LogP contribution >= 0.6 is 11.6 Å². The molecule has 0 aliphatic rings. The molecular formula is C9H7ClF3NO3. The molecule has 1 aromatic carbocycles. The van der Waals surface area contributed by atoms with Crippen molar-refractivity contribution in [2.45, 2.75) is 12.3 Å². The summed E-state index contributed by atoms with van der Waals surface area (Å²) in [4.78, 5) is 10.5. The average molecular weight is 270 g/mol. The summed E-state index contributed by atoms with van der Waals surface area (Å²) in [6.07, 6.45) is -6.96. The fourth-order valence-corrected chi connectivity index (χ4v) is 1.62. The molecule has 0 aromatic heterocycles. The molecule has 8 heteroatoms. The van der Waals surface area contributed by atoms with Crippen molar-refractivity contribution in [3.05, 3.63) is 28.3 Å². The summed E-state index contributed by atoms with van der Waals surface area (Å²) in [7, 11) is 0. The van der Waals surface area contributed by atoms with E-state index in [1.807, 2.05) is 0 Å². The molecule has 0 heterocycles. The molecule has 1 rings (SSSR count). The van der Waals surface area contributed by atoms with Gasteiger partial charge < -0.3 is 15.9 Å². The molecule has 4 N–H and O–H groups in total. The lowest BCUT2D eigenvalue weighted by molar-refractivity contribution is -0.147. The Morgan fingerprint density at radius 2 is 1.94 bits per heavy atom. The van der Waals surface area contributed by atoms with Crippen molar-refractivity contribution in [3.8, 4) is 0 Å². The van der Waals surface area contributed by atoms with E-state index in [-0.39, 0.29) is 0 Å². The number of halogens is 4. The van der Waals surface area contributed by atoms with Gasteiger partial charge in [0.05, 0.1) is 10.6 Å². The SMILES string of the molecule is Nc1ccc(C(O)C(=O)O)c(Cl)c1C(F)(F)F. The standard InChI is InChI=1S/C9H7ClF3NO3/c10-6-3(7(15)8(16)17)1-2-4(14)5(6)9(11,12)13/h1-2,7,15H,14H2,(H,16,17). The van der Waals surface area contributed by atoms with Gasteiger partial charge in [-0.05, 0) is 6.07 Å². The van der Waals surface area contributed by atoms with Crippen LogP contribution in [0.3, 0.4) is 0 Å². The average Bonchev–Trinajstić information content (AvgIpc) is 2.14. The zero-order valence-electron chi connectivity index (χ0n) is 8.12. The largest absolute Gasteiger partial charge is 0.479 e. The molecule has 0 fully saturated rings. The van der Waals surface area contributed by atoms with Crippen LogP contribution in [0.25, 0.3) is 0 Å². The summed E-state index contributed by atoms with van der Waals surface area (Å²) in [6, 6.07) is 1.78. The van der Waals surface area contributed by atoms with Crippen LogP contribution in [0.15, 0.2) is 12.1 Å². The molecule has 0 saturated carbocycles. The lowest BCUT2D eigenvalue weighted by Crippen LogP contribution is -2.15. The smallest absolute Gasteiger partial charge is 0.419 e. The number of anilines is 1. The molecule has 0 spiro atoms. The molecule has 94 valence electrons. The number of hydrogen-bond donors (Lipinski definition) is 3. The van der Waals surface area contributed by atoms with E-state index in [9.17, 15) is 18.0 Å². The summed E-state index contributed by atoms with van der Waals surface area (Å²) in [5.74, 6) is -1.70. The van der Waals surface area contributed by atoms with Crippen LogP contribution in [0.5, 0.6) is 0 Å². The first kappa shape index (κ1) is 13.6. The van der Waals surface area contributed by atoms with Crippen molar-refractivity contribution < 1.29 is 28.2 Å². The van der Waals surface area contributed by atoms with Crippen LogP contribution in [0.4, 0.5) is 18.9 Å². The number of alkyl halides is 3. The van der Waals surface area contributed by atoms with Crippen LogP contribution in [0, 0.1) is 0 Å². The number of nitrogens with two attached hydrogens (primary N) is 1. The van der Waals surface area contributed by atoms with Gasteiger partial charge in [-0.1, -0.05) is 17.7 Å². The summed E-state index contributed by atoms with van der Waals surface area (Å²) in [6.45, 7) is 0. The molecule has 0 bridgehead atoms. The second kappa shape index (κ2) is 4.42. The number of carbonyl (C=O) groups is 1. The summed E-state index contributed by atoms with van der Waals surface area (Å²) >= 11 is 5.41. The fourth-order valence-electron chi connectivity index (χ4n) is 1.24. The Kier molecular flexibility index (Phi) is 3.53. The number of aliphatic carboxylic acids is 1. The highest BCUT2D eigenvalue weighted by molar-refractivity contribution is 6.32. The Hall–Kier alpha value is -1.47. The van der Waals surface area contributed by atoms with Gasteiger partial charge in [-0.25, -0.2) is 4.79 Å². The molecule has 1 aromatic rings. The van der Waals surface area contributed by atoms with E-state index >= 15 is 0 Å². The topological polar surface area (TPSA) is 83.5 Å². The molecule has 1 unspecified atom stereocenters. The zero-order valence-corrected chi connectivity index (χ0v) is 8.88. The minimum Gasteiger partial charge on any atom is -0.479 e. The highest BCUT2D eigenvalue weighted by Gasteiger charge is 2.37. The van der Waals surface area contributed by atoms with Crippen LogP contribution in [0.1, 0.15) is 17.2 Å². The third-order valence-corrected chi connectivity index (χ3v) is 2.42. The molecule has 0 aliphatic carbocycles. The van der Waals surface area contributed by atoms with E-state index in [1.165, 1.54) is 0 Å². The van der Waals surface area contributed by atoms with Gasteiger partial charge in [0.15, 0.2) is 6.10 Å². The number of carboxylic acid groups (broad SMARTS) is 1. The van der Waals surface area contributed by atoms with E-state index in [2.05, 4.69) is 0 Å². The second-order valence-corrected chi connectivity index (χ2v) is 3.55. The highest BCUT2D eigenvalue weighted by atomic mass is 35.5. The number of benzene rings is 1. The third-order valence-electron chi connectivity index (χ3n) is 2.02. The van der Waals surface area contributed by atoms with Gasteiger partial charge in [-0.3, -0.25) is 0 Å². The monoisotopic (exact) mass is 269 g/mol. The highest BCUT2D eigenvalue weighted by Crippen LogP contribution is 2.41. The van der Waals surface area contributed by atoms with Crippen LogP contribution in [-0.4, -0.2) is 16.2 Å². The first-order valence-electron chi connectivity index (χ1n) is 4.22. The number of hydrogen-bond acceptors (Lipinski definition) is 3. The van der Waals surface area contributed by atoms with E-state index in [1.54, 1.807) is 0 Å². The van der Waals surface area contributed by atoms with Crippen LogP contribution < -0.4 is 5.73 Å². The van der Waals surface area contributed by atoms with Crippen LogP contribution in [0.2, 0.25) is 5.02 Å². The van der Waals surface area contributed by atoms with Crippen molar-refractivity contribution in [1.82, 2.24) is 0 Å². The Morgan fingerprint density at radius 1 is 1.41 bits per heavy atom. The predicted molar refractivity (Wildman–Crippen MR) is 53.5 cm³/mol. The minimum atomic E-state index is -4.82. The second-order valence-electron chi connectivity index (χ2n) is 3.17. The maximum Gasteiger partial charge on any atom is 0.419 e. The van der Waals surface area contributed by atoms with Crippen molar-refractivity contribution in [1.29, 1.82) is 0 Å². The van der Waals surface area contributed by atoms with Gasteiger partial charge >= 0.3 is 12.1 Å². The summed E-state index contributed by atoms with van der Waals surface area (Å²) in [5.41, 5.74) is 2.58.